The van der Waals surface area contributed by atoms with Crippen molar-refractivity contribution in [2.45, 2.75) is 18.9 Å². The Labute approximate surface area is 191 Å². The predicted octanol–water partition coefficient (Wildman–Crippen LogP) is 5.40. The van der Waals surface area contributed by atoms with Crippen molar-refractivity contribution >= 4 is 34.5 Å². The summed E-state index contributed by atoms with van der Waals surface area (Å²) in [6.07, 6.45) is 1.28. The molecule has 1 aromatic heterocycles. The zero-order valence-electron chi connectivity index (χ0n) is 17.6. The van der Waals surface area contributed by atoms with Crippen LogP contribution in [-0.4, -0.2) is 38.1 Å². The van der Waals surface area contributed by atoms with Gasteiger partial charge < -0.3 is 14.8 Å². The molecule has 0 radical (unpaired) electrons. The number of nitrogens with one attached hydrogen (secondary N) is 1. The lowest BCUT2D eigenvalue weighted by Gasteiger charge is -2.37. The SMILES string of the molecule is COc1cc2c(cc1OC)C(c1cccs1)N(CCC(=O)Nc1ccccc1Cl)CC2. The normalized spacial score (nSPS) is 15.9. The number of methoxy groups -OCH3 is 2. The van der Waals surface area contributed by atoms with Crippen LogP contribution in [0.5, 0.6) is 11.5 Å². The van der Waals surface area contributed by atoms with Gasteiger partial charge in [0.1, 0.15) is 0 Å². The van der Waals surface area contributed by atoms with E-state index in [-0.39, 0.29) is 11.9 Å². The van der Waals surface area contributed by atoms with Gasteiger partial charge in [-0.2, -0.15) is 0 Å². The number of ether oxygens (including phenoxy) is 2. The van der Waals surface area contributed by atoms with E-state index in [2.05, 4.69) is 39.9 Å². The van der Waals surface area contributed by atoms with Crippen molar-refractivity contribution in [2.75, 3.05) is 32.6 Å². The van der Waals surface area contributed by atoms with Crippen molar-refractivity contribution in [1.82, 2.24) is 4.90 Å². The highest BCUT2D eigenvalue weighted by Gasteiger charge is 2.31. The van der Waals surface area contributed by atoms with Crippen LogP contribution in [0.4, 0.5) is 5.69 Å². The van der Waals surface area contributed by atoms with Gasteiger partial charge in [0.05, 0.1) is 31.0 Å². The highest BCUT2D eigenvalue weighted by molar-refractivity contribution is 7.10. The van der Waals surface area contributed by atoms with Gasteiger partial charge in [0.15, 0.2) is 11.5 Å². The molecular formula is C24H25ClN2O3S. The van der Waals surface area contributed by atoms with Crippen molar-refractivity contribution in [3.63, 3.8) is 0 Å². The van der Waals surface area contributed by atoms with E-state index in [9.17, 15) is 4.79 Å². The van der Waals surface area contributed by atoms with E-state index in [1.165, 1.54) is 16.0 Å². The Kier molecular flexibility index (Phi) is 6.80. The molecule has 4 rings (SSSR count). The van der Waals surface area contributed by atoms with E-state index in [4.69, 9.17) is 21.1 Å². The minimum absolute atomic E-state index is 0.0452. The third-order valence-corrected chi connectivity index (χ3v) is 6.81. The molecule has 0 fully saturated rings. The number of hydrogen-bond donors (Lipinski definition) is 1. The Morgan fingerprint density at radius 1 is 1.16 bits per heavy atom. The Morgan fingerprint density at radius 2 is 1.94 bits per heavy atom. The molecule has 0 spiro atoms. The van der Waals surface area contributed by atoms with Gasteiger partial charge in [0.25, 0.3) is 0 Å². The standard InChI is InChI=1S/C24H25ClN2O3S/c1-29-20-14-16-9-11-27(12-10-23(28)26-19-7-4-3-6-18(19)25)24(22-8-5-13-31-22)17(16)15-21(20)30-2/h3-8,13-15,24H,9-12H2,1-2H3,(H,26,28). The number of nitrogens with zero attached hydrogens (tertiary/aromatic N) is 1. The quantitative estimate of drug-likeness (QED) is 0.517. The Bertz CT molecular complexity index is 1050. The molecule has 0 saturated carbocycles. The summed E-state index contributed by atoms with van der Waals surface area (Å²) in [6, 6.07) is 15.7. The first-order valence-electron chi connectivity index (χ1n) is 10.2. The molecule has 0 aliphatic carbocycles. The summed E-state index contributed by atoms with van der Waals surface area (Å²) in [6.45, 7) is 1.51. The highest BCUT2D eigenvalue weighted by atomic mass is 35.5. The monoisotopic (exact) mass is 456 g/mol. The maximum absolute atomic E-state index is 12.6. The van der Waals surface area contributed by atoms with E-state index in [1.807, 2.05) is 18.2 Å². The molecule has 0 saturated heterocycles. The van der Waals surface area contributed by atoms with Crippen molar-refractivity contribution in [2.24, 2.45) is 0 Å². The number of thiophene rings is 1. The zero-order valence-corrected chi connectivity index (χ0v) is 19.1. The van der Waals surface area contributed by atoms with Crippen LogP contribution in [0, 0.1) is 0 Å². The van der Waals surface area contributed by atoms with Gasteiger partial charge in [-0.3, -0.25) is 9.69 Å². The van der Waals surface area contributed by atoms with E-state index in [0.717, 1.165) is 24.5 Å². The average Bonchev–Trinajstić information content (AvgIpc) is 3.32. The first-order chi connectivity index (χ1) is 15.1. The molecule has 31 heavy (non-hydrogen) atoms. The molecule has 2 heterocycles. The number of fused-ring (bicyclic) bond motifs is 1. The molecule has 2 aromatic carbocycles. The average molecular weight is 457 g/mol. The number of hydrogen-bond acceptors (Lipinski definition) is 5. The van der Waals surface area contributed by atoms with Crippen molar-refractivity contribution in [1.29, 1.82) is 0 Å². The second kappa shape index (κ2) is 9.73. The van der Waals surface area contributed by atoms with E-state index < -0.39 is 0 Å². The fraction of sp³-hybridized carbons (Fsp3) is 0.292. The molecule has 1 unspecified atom stereocenters. The summed E-state index contributed by atoms with van der Waals surface area (Å²) in [5.41, 5.74) is 3.11. The van der Waals surface area contributed by atoms with Crippen LogP contribution >= 0.6 is 22.9 Å². The Hall–Kier alpha value is -2.54. The van der Waals surface area contributed by atoms with Crippen LogP contribution in [0.25, 0.3) is 0 Å². The minimum atomic E-state index is -0.0452. The summed E-state index contributed by atoms with van der Waals surface area (Å²) in [5, 5.41) is 5.55. The third-order valence-electron chi connectivity index (χ3n) is 5.56. The lowest BCUT2D eigenvalue weighted by molar-refractivity contribution is -0.116. The van der Waals surface area contributed by atoms with Crippen LogP contribution in [-0.2, 0) is 11.2 Å². The Balaban J connectivity index is 1.55. The zero-order chi connectivity index (χ0) is 21.8. The molecule has 1 aliphatic heterocycles. The molecule has 7 heteroatoms. The summed E-state index contributed by atoms with van der Waals surface area (Å²) in [5.74, 6) is 1.43. The van der Waals surface area contributed by atoms with Gasteiger partial charge >= 0.3 is 0 Å². The van der Waals surface area contributed by atoms with Gasteiger partial charge in [-0.05, 0) is 53.3 Å². The number of amides is 1. The molecular weight excluding hydrogens is 432 g/mol. The van der Waals surface area contributed by atoms with Crippen molar-refractivity contribution in [3.8, 4) is 11.5 Å². The third kappa shape index (κ3) is 4.71. The van der Waals surface area contributed by atoms with Gasteiger partial charge in [-0.15, -0.1) is 11.3 Å². The highest BCUT2D eigenvalue weighted by Crippen LogP contribution is 2.42. The smallest absolute Gasteiger partial charge is 0.225 e. The fourth-order valence-electron chi connectivity index (χ4n) is 4.04. The largest absolute Gasteiger partial charge is 0.493 e. The number of carbonyl (C=O) groups excluding carboxylic acids is 1. The van der Waals surface area contributed by atoms with Gasteiger partial charge in [0, 0.05) is 24.4 Å². The summed E-state index contributed by atoms with van der Waals surface area (Å²) in [7, 11) is 3.32. The van der Waals surface area contributed by atoms with Crippen LogP contribution in [0.3, 0.4) is 0 Å². The van der Waals surface area contributed by atoms with E-state index in [0.29, 0.717) is 23.7 Å². The topological polar surface area (TPSA) is 50.8 Å². The Morgan fingerprint density at radius 3 is 2.65 bits per heavy atom. The predicted molar refractivity (Wildman–Crippen MR) is 126 cm³/mol. The molecule has 5 nitrogen and oxygen atoms in total. The van der Waals surface area contributed by atoms with Crippen LogP contribution < -0.4 is 14.8 Å². The molecule has 0 bridgehead atoms. The first kappa shape index (κ1) is 21.7. The lowest BCUT2D eigenvalue weighted by Crippen LogP contribution is -2.37. The van der Waals surface area contributed by atoms with Gasteiger partial charge in [-0.1, -0.05) is 29.8 Å². The molecule has 1 atom stereocenters. The van der Waals surface area contributed by atoms with Crippen molar-refractivity contribution < 1.29 is 14.3 Å². The summed E-state index contributed by atoms with van der Waals surface area (Å²) >= 11 is 7.90. The lowest BCUT2D eigenvalue weighted by atomic mass is 9.90. The maximum atomic E-state index is 12.6. The number of anilines is 1. The number of para-hydroxylation sites is 1. The van der Waals surface area contributed by atoms with E-state index >= 15 is 0 Å². The first-order valence-corrected chi connectivity index (χ1v) is 11.4. The molecule has 1 aliphatic rings. The summed E-state index contributed by atoms with van der Waals surface area (Å²) in [4.78, 5) is 16.2. The second-order valence-electron chi connectivity index (χ2n) is 7.39. The molecule has 1 N–H and O–H groups in total. The number of rotatable bonds is 7. The number of benzene rings is 2. The number of carbonyl (C=O) groups is 1. The van der Waals surface area contributed by atoms with E-state index in [1.54, 1.807) is 31.6 Å². The molecule has 162 valence electrons. The minimum Gasteiger partial charge on any atom is -0.493 e. The van der Waals surface area contributed by atoms with Crippen molar-refractivity contribution in [3.05, 3.63) is 74.9 Å². The van der Waals surface area contributed by atoms with Gasteiger partial charge in [-0.25, -0.2) is 0 Å². The maximum Gasteiger partial charge on any atom is 0.225 e. The van der Waals surface area contributed by atoms with Crippen LogP contribution in [0.2, 0.25) is 5.02 Å². The fourth-order valence-corrected chi connectivity index (χ4v) is 5.10. The van der Waals surface area contributed by atoms with Crippen LogP contribution in [0.15, 0.2) is 53.9 Å². The van der Waals surface area contributed by atoms with Crippen LogP contribution in [0.1, 0.15) is 28.5 Å². The summed E-state index contributed by atoms with van der Waals surface area (Å²) < 4.78 is 11.1. The number of halogens is 1. The second-order valence-corrected chi connectivity index (χ2v) is 8.77. The molecule has 1 amide bonds. The van der Waals surface area contributed by atoms with Gasteiger partial charge in [0.2, 0.25) is 5.91 Å². The molecule has 3 aromatic rings.